The molecule has 2 fully saturated rings. The van der Waals surface area contributed by atoms with Crippen LogP contribution in [0.2, 0.25) is 0 Å². The Balaban J connectivity index is 0.00000256. The maximum atomic E-state index is 5.93. The molecule has 4 N–H and O–H groups in total. The zero-order valence-electron chi connectivity index (χ0n) is 18.1. The van der Waals surface area contributed by atoms with Crippen molar-refractivity contribution in [3.8, 4) is 0 Å². The first-order chi connectivity index (χ1) is 14.2. The van der Waals surface area contributed by atoms with Gasteiger partial charge < -0.3 is 17.9 Å². The van der Waals surface area contributed by atoms with E-state index in [1.54, 1.807) is 0 Å². The second-order valence-electron chi connectivity index (χ2n) is 9.53. The van der Waals surface area contributed by atoms with Crippen molar-refractivity contribution in [3.63, 3.8) is 0 Å². The van der Waals surface area contributed by atoms with Crippen molar-refractivity contribution >= 4 is 11.4 Å². The third kappa shape index (κ3) is 6.58. The van der Waals surface area contributed by atoms with Crippen molar-refractivity contribution in [2.45, 2.75) is 76.5 Å². The van der Waals surface area contributed by atoms with E-state index >= 15 is 0 Å². The molecule has 0 heterocycles. The first-order valence-corrected chi connectivity index (χ1v) is 11.7. The number of nitrogen functional groups attached to an aromatic ring is 2. The Bertz CT molecular complexity index is 752. The summed E-state index contributed by atoms with van der Waals surface area (Å²) in [5.41, 5.74) is 17.4. The van der Waals surface area contributed by atoms with Crippen LogP contribution in [-0.2, 0) is 25.9 Å². The average Bonchev–Trinajstić information content (AvgIpc) is 2.73. The predicted octanol–water partition coefficient (Wildman–Crippen LogP) is 6.89. The van der Waals surface area contributed by atoms with Crippen LogP contribution in [0.1, 0.15) is 86.8 Å². The van der Waals surface area contributed by atoms with Gasteiger partial charge in [-0.3, -0.25) is 0 Å². The zero-order valence-corrected chi connectivity index (χ0v) is 19.9. The van der Waals surface area contributed by atoms with E-state index in [9.17, 15) is 0 Å². The normalized spacial score (nSPS) is 22.4. The van der Waals surface area contributed by atoms with Crippen LogP contribution in [-0.4, -0.2) is 0 Å². The quantitative estimate of drug-likeness (QED) is 0.263. The summed E-state index contributed by atoms with van der Waals surface area (Å²) in [5.74, 6) is 2.75. The van der Waals surface area contributed by atoms with E-state index in [0.29, 0.717) is 0 Å². The first-order valence-electron chi connectivity index (χ1n) is 11.7. The topological polar surface area (TPSA) is 52.0 Å². The standard InChI is InChI=1S/C27H37N2.Ru/c28-26-17-23(18-27(29)19-26)16-22-10-14-25(15-11-22)24-12-8-21(9-13-24)7-6-20-4-2-1-3-5-20;/h1,10-11,14-15,17-21,24H,2-9,12-13,16,28-29H2;/q-1;+1. The van der Waals surface area contributed by atoms with Crippen LogP contribution < -0.4 is 11.5 Å². The Hall–Kier alpha value is -1.34. The molecule has 163 valence electrons. The Morgan fingerprint density at radius 1 is 0.700 bits per heavy atom. The minimum absolute atomic E-state index is 0. The van der Waals surface area contributed by atoms with Crippen molar-refractivity contribution in [1.29, 1.82) is 0 Å². The largest absolute Gasteiger partial charge is 1.00 e. The fraction of sp³-hybridized carbons (Fsp3) is 0.519. The van der Waals surface area contributed by atoms with E-state index in [1.165, 1.54) is 80.9 Å². The average molecular weight is 491 g/mol. The Morgan fingerprint density at radius 3 is 1.87 bits per heavy atom. The monoisotopic (exact) mass is 491 g/mol. The second kappa shape index (κ2) is 11.3. The van der Waals surface area contributed by atoms with E-state index in [0.717, 1.165) is 35.5 Å². The van der Waals surface area contributed by atoms with Crippen molar-refractivity contribution in [3.05, 3.63) is 65.6 Å². The molecular weight excluding hydrogens is 453 g/mol. The van der Waals surface area contributed by atoms with Crippen LogP contribution in [0.15, 0.2) is 42.5 Å². The van der Waals surface area contributed by atoms with Crippen molar-refractivity contribution < 1.29 is 19.5 Å². The fourth-order valence-corrected chi connectivity index (χ4v) is 5.53. The van der Waals surface area contributed by atoms with E-state index < -0.39 is 0 Å². The third-order valence-corrected chi connectivity index (χ3v) is 7.28. The van der Waals surface area contributed by atoms with E-state index in [1.807, 2.05) is 18.2 Å². The number of rotatable bonds is 6. The van der Waals surface area contributed by atoms with Crippen molar-refractivity contribution in [2.24, 2.45) is 11.8 Å². The number of anilines is 2. The molecule has 0 bridgehead atoms. The number of hydrogen-bond donors (Lipinski definition) is 2. The van der Waals surface area contributed by atoms with Gasteiger partial charge in [-0.1, -0.05) is 49.9 Å². The molecule has 0 amide bonds. The SMILES string of the molecule is Nc1cc(N)cc(Cc2ccc(C3CCC(CCC4CC[CH-]CC4)CC3)cc2)c1.[Ru+]. The van der Waals surface area contributed by atoms with Crippen molar-refractivity contribution in [2.75, 3.05) is 11.5 Å². The molecular formula is C27H37N2Ru. The van der Waals surface area contributed by atoms with Crippen LogP contribution in [0.4, 0.5) is 11.4 Å². The molecule has 2 aromatic carbocycles. The van der Waals surface area contributed by atoms with Gasteiger partial charge in [-0.05, 0) is 84.7 Å². The van der Waals surface area contributed by atoms with Crippen LogP contribution in [0.25, 0.3) is 0 Å². The first kappa shape index (κ1) is 23.3. The zero-order chi connectivity index (χ0) is 20.1. The summed E-state index contributed by atoms with van der Waals surface area (Å²) < 4.78 is 0. The second-order valence-corrected chi connectivity index (χ2v) is 9.53. The van der Waals surface area contributed by atoms with Gasteiger partial charge in [0.1, 0.15) is 0 Å². The molecule has 1 radical (unpaired) electrons. The molecule has 2 saturated carbocycles. The Morgan fingerprint density at radius 2 is 1.27 bits per heavy atom. The fourth-order valence-electron chi connectivity index (χ4n) is 5.53. The maximum Gasteiger partial charge on any atom is 1.00 e. The molecule has 0 atom stereocenters. The van der Waals surface area contributed by atoms with Gasteiger partial charge in [-0.15, -0.1) is 0 Å². The van der Waals surface area contributed by atoms with Crippen LogP contribution in [0.3, 0.4) is 0 Å². The summed E-state index contributed by atoms with van der Waals surface area (Å²) in [5, 5.41) is 0. The summed E-state index contributed by atoms with van der Waals surface area (Å²) >= 11 is 0. The van der Waals surface area contributed by atoms with Gasteiger partial charge in [0.2, 0.25) is 0 Å². The Labute approximate surface area is 196 Å². The summed E-state index contributed by atoms with van der Waals surface area (Å²) in [4.78, 5) is 0. The minimum Gasteiger partial charge on any atom is -0.399 e. The number of hydrogen-bond acceptors (Lipinski definition) is 2. The van der Waals surface area contributed by atoms with Gasteiger partial charge in [-0.2, -0.15) is 12.8 Å². The predicted molar refractivity (Wildman–Crippen MR) is 125 cm³/mol. The molecule has 2 nitrogen and oxygen atoms in total. The van der Waals surface area contributed by atoms with Gasteiger partial charge in [0.05, 0.1) is 0 Å². The van der Waals surface area contributed by atoms with E-state index in [4.69, 9.17) is 11.5 Å². The molecule has 0 saturated heterocycles. The van der Waals surface area contributed by atoms with E-state index in [2.05, 4.69) is 30.7 Å². The molecule has 0 unspecified atom stereocenters. The molecule has 0 spiro atoms. The molecule has 2 aromatic rings. The smallest absolute Gasteiger partial charge is 0.399 e. The summed E-state index contributed by atoms with van der Waals surface area (Å²) in [7, 11) is 0. The molecule has 3 heteroatoms. The molecule has 4 rings (SSSR count). The van der Waals surface area contributed by atoms with Gasteiger partial charge in [0.25, 0.3) is 0 Å². The van der Waals surface area contributed by atoms with Crippen LogP contribution >= 0.6 is 0 Å². The minimum atomic E-state index is 0. The van der Waals surface area contributed by atoms with Crippen LogP contribution in [0, 0.1) is 18.3 Å². The number of benzene rings is 2. The third-order valence-electron chi connectivity index (χ3n) is 7.28. The van der Waals surface area contributed by atoms with Gasteiger partial charge in [-0.25, -0.2) is 0 Å². The van der Waals surface area contributed by atoms with Gasteiger partial charge in [0, 0.05) is 11.4 Å². The summed E-state index contributed by atoms with van der Waals surface area (Å²) in [6.45, 7) is 0. The van der Waals surface area contributed by atoms with Crippen molar-refractivity contribution in [1.82, 2.24) is 0 Å². The van der Waals surface area contributed by atoms with Crippen LogP contribution in [0.5, 0.6) is 0 Å². The molecule has 30 heavy (non-hydrogen) atoms. The van der Waals surface area contributed by atoms with Gasteiger partial charge >= 0.3 is 19.5 Å². The molecule has 2 aliphatic carbocycles. The Kier molecular flexibility index (Phi) is 8.81. The molecule has 2 aliphatic rings. The summed E-state index contributed by atoms with van der Waals surface area (Å²) in [6, 6.07) is 15.2. The summed E-state index contributed by atoms with van der Waals surface area (Å²) in [6.07, 6.45) is 17.5. The number of nitrogens with two attached hydrogens (primary N) is 2. The molecule has 0 aliphatic heterocycles. The van der Waals surface area contributed by atoms with E-state index in [-0.39, 0.29) is 19.5 Å². The van der Waals surface area contributed by atoms with Gasteiger partial charge in [0.15, 0.2) is 0 Å². The maximum absolute atomic E-state index is 5.93. The molecule has 0 aromatic heterocycles.